The highest BCUT2D eigenvalue weighted by molar-refractivity contribution is 5.90. The van der Waals surface area contributed by atoms with Crippen LogP contribution in [-0.4, -0.2) is 75.0 Å². The van der Waals surface area contributed by atoms with E-state index in [1.165, 1.54) is 12.8 Å². The van der Waals surface area contributed by atoms with Crippen LogP contribution in [0.25, 0.3) is 11.2 Å². The van der Waals surface area contributed by atoms with Gasteiger partial charge < -0.3 is 24.2 Å². The van der Waals surface area contributed by atoms with Gasteiger partial charge in [0.05, 0.1) is 19.6 Å². The molecule has 5 rings (SSSR count). The Balaban J connectivity index is 1.40. The van der Waals surface area contributed by atoms with Crippen molar-refractivity contribution in [2.24, 2.45) is 11.3 Å². The first-order valence-corrected chi connectivity index (χ1v) is 10.0. The smallest absolute Gasteiger partial charge is 0.243 e. The maximum atomic E-state index is 12.4. The zero-order valence-corrected chi connectivity index (χ0v) is 16.0. The molecular weight excluding hydrogens is 360 g/mol. The Morgan fingerprint density at radius 2 is 2.04 bits per heavy atom. The van der Waals surface area contributed by atoms with E-state index in [0.717, 1.165) is 25.0 Å². The van der Waals surface area contributed by atoms with E-state index >= 15 is 0 Å². The van der Waals surface area contributed by atoms with Crippen LogP contribution in [0.4, 0.5) is 5.82 Å². The molecule has 28 heavy (non-hydrogen) atoms. The minimum absolute atomic E-state index is 0.116. The molecule has 4 heterocycles. The Kier molecular flexibility index (Phi) is 4.43. The van der Waals surface area contributed by atoms with Gasteiger partial charge in [-0.1, -0.05) is 0 Å². The summed E-state index contributed by atoms with van der Waals surface area (Å²) in [6.07, 6.45) is 7.40. The monoisotopic (exact) mass is 386 g/mol. The number of carbonyl (C=O) groups is 1. The molecule has 0 aromatic carbocycles. The molecule has 0 atom stereocenters. The maximum Gasteiger partial charge on any atom is 0.243 e. The minimum Gasteiger partial charge on any atom is -0.396 e. The fourth-order valence-electron chi connectivity index (χ4n) is 4.26. The molecule has 9 heteroatoms. The zero-order chi connectivity index (χ0) is 19.1. The number of hydrogen-bond donors (Lipinski definition) is 1. The number of imidazole rings is 1. The summed E-state index contributed by atoms with van der Waals surface area (Å²) in [5, 5.41) is 10.0. The average Bonchev–Trinajstić information content (AvgIpc) is 3.34. The predicted octanol–water partition coefficient (Wildman–Crippen LogP) is 0.631. The van der Waals surface area contributed by atoms with Crippen LogP contribution < -0.4 is 4.90 Å². The van der Waals surface area contributed by atoms with Gasteiger partial charge >= 0.3 is 0 Å². The van der Waals surface area contributed by atoms with Crippen molar-refractivity contribution in [1.29, 1.82) is 0 Å². The second kappa shape index (κ2) is 6.97. The summed E-state index contributed by atoms with van der Waals surface area (Å²) in [5.41, 5.74) is 1.25. The third-order valence-corrected chi connectivity index (χ3v) is 6.27. The van der Waals surface area contributed by atoms with Crippen LogP contribution in [0.1, 0.15) is 25.7 Å². The molecule has 2 aliphatic heterocycles. The number of nitrogens with zero attached hydrogens (tertiary/aromatic N) is 6. The van der Waals surface area contributed by atoms with Gasteiger partial charge in [0.1, 0.15) is 12.9 Å². The molecule has 2 aromatic heterocycles. The number of aliphatic hydroxyl groups is 1. The molecule has 0 bridgehead atoms. The molecule has 150 valence electrons. The number of carbonyl (C=O) groups excluding carboxylic acids is 1. The third-order valence-electron chi connectivity index (χ3n) is 6.27. The van der Waals surface area contributed by atoms with E-state index in [4.69, 9.17) is 4.74 Å². The van der Waals surface area contributed by atoms with E-state index in [2.05, 4.69) is 15.0 Å². The summed E-state index contributed by atoms with van der Waals surface area (Å²) in [5.74, 6) is 1.53. The predicted molar refractivity (Wildman–Crippen MR) is 102 cm³/mol. The number of hydrogen-bond acceptors (Lipinski definition) is 7. The summed E-state index contributed by atoms with van der Waals surface area (Å²) < 4.78 is 7.47. The molecule has 1 aliphatic carbocycles. The minimum atomic E-state index is -0.207. The van der Waals surface area contributed by atoms with Crippen LogP contribution in [0.2, 0.25) is 0 Å². The van der Waals surface area contributed by atoms with Gasteiger partial charge in [0.15, 0.2) is 17.0 Å². The van der Waals surface area contributed by atoms with Gasteiger partial charge in [-0.2, -0.15) is 0 Å². The van der Waals surface area contributed by atoms with Crippen LogP contribution in [0.3, 0.4) is 0 Å². The van der Waals surface area contributed by atoms with Crippen molar-refractivity contribution in [2.45, 2.75) is 32.2 Å². The first-order valence-electron chi connectivity index (χ1n) is 10.0. The van der Waals surface area contributed by atoms with Crippen LogP contribution in [0, 0.1) is 11.3 Å². The average molecular weight is 386 g/mol. The summed E-state index contributed by atoms with van der Waals surface area (Å²) in [6, 6.07) is 0. The first kappa shape index (κ1) is 17.8. The molecule has 9 nitrogen and oxygen atoms in total. The molecule has 0 unspecified atom stereocenters. The SMILES string of the molecule is O=C1CN(c2ncnc3c2ncn3CC2(CO)CCOCC2)CN1CC1CC1. The molecule has 2 saturated heterocycles. The fourth-order valence-corrected chi connectivity index (χ4v) is 4.26. The number of rotatable bonds is 6. The lowest BCUT2D eigenvalue weighted by molar-refractivity contribution is -0.126. The molecule has 2 aromatic rings. The van der Waals surface area contributed by atoms with Gasteiger partial charge in [0.25, 0.3) is 0 Å². The molecule has 0 radical (unpaired) electrons. The number of anilines is 1. The second-order valence-corrected chi connectivity index (χ2v) is 8.41. The van der Waals surface area contributed by atoms with E-state index in [9.17, 15) is 9.90 Å². The number of aliphatic hydroxyl groups excluding tert-OH is 1. The van der Waals surface area contributed by atoms with Gasteiger partial charge in [-0.25, -0.2) is 15.0 Å². The number of amides is 1. The van der Waals surface area contributed by atoms with Crippen molar-refractivity contribution in [3.8, 4) is 0 Å². The van der Waals surface area contributed by atoms with Crippen LogP contribution in [-0.2, 0) is 16.1 Å². The van der Waals surface area contributed by atoms with Crippen LogP contribution in [0.15, 0.2) is 12.7 Å². The van der Waals surface area contributed by atoms with Gasteiger partial charge in [0, 0.05) is 31.7 Å². The van der Waals surface area contributed by atoms with Gasteiger partial charge in [-0.15, -0.1) is 0 Å². The van der Waals surface area contributed by atoms with E-state index in [-0.39, 0.29) is 17.9 Å². The van der Waals surface area contributed by atoms with Crippen molar-refractivity contribution in [3.63, 3.8) is 0 Å². The number of ether oxygens (including phenoxy) is 1. The lowest BCUT2D eigenvalue weighted by atomic mass is 9.81. The summed E-state index contributed by atoms with van der Waals surface area (Å²) in [4.78, 5) is 29.8. The molecule has 1 N–H and O–H groups in total. The van der Waals surface area contributed by atoms with Crippen molar-refractivity contribution >= 4 is 22.9 Å². The Labute approximate surface area is 163 Å². The fraction of sp³-hybridized carbons (Fsp3) is 0.684. The summed E-state index contributed by atoms with van der Waals surface area (Å²) >= 11 is 0. The standard InChI is InChI=1S/C19H26N6O3/c26-10-19(3-5-28-6-4-19)9-25-12-22-16-17(20-11-21-18(16)25)24-8-15(27)23(13-24)7-14-1-2-14/h11-12,14,26H,1-10,13H2. The van der Waals surface area contributed by atoms with E-state index < -0.39 is 0 Å². The Bertz CT molecular complexity index is 874. The highest BCUT2D eigenvalue weighted by Gasteiger charge is 2.35. The highest BCUT2D eigenvalue weighted by atomic mass is 16.5. The van der Waals surface area contributed by atoms with Gasteiger partial charge in [-0.05, 0) is 31.6 Å². The quantitative estimate of drug-likeness (QED) is 0.778. The first-order chi connectivity index (χ1) is 13.7. The molecule has 1 saturated carbocycles. The highest BCUT2D eigenvalue weighted by Crippen LogP contribution is 2.34. The molecule has 1 amide bonds. The van der Waals surface area contributed by atoms with Crippen molar-refractivity contribution in [1.82, 2.24) is 24.4 Å². The lowest BCUT2D eigenvalue weighted by Crippen LogP contribution is -2.37. The van der Waals surface area contributed by atoms with Gasteiger partial charge in [-0.3, -0.25) is 4.79 Å². The van der Waals surface area contributed by atoms with Crippen molar-refractivity contribution < 1.29 is 14.6 Å². The molecule has 3 aliphatic rings. The second-order valence-electron chi connectivity index (χ2n) is 8.41. The van der Waals surface area contributed by atoms with Crippen molar-refractivity contribution in [3.05, 3.63) is 12.7 Å². The Hall–Kier alpha value is -2.26. The molecule has 3 fully saturated rings. The van der Waals surface area contributed by atoms with Crippen LogP contribution in [0.5, 0.6) is 0 Å². The zero-order valence-electron chi connectivity index (χ0n) is 16.0. The number of fused-ring (bicyclic) bond motifs is 1. The Morgan fingerprint density at radius 1 is 1.21 bits per heavy atom. The van der Waals surface area contributed by atoms with E-state index in [1.54, 1.807) is 12.7 Å². The molecular formula is C19H26N6O3. The third kappa shape index (κ3) is 3.22. The van der Waals surface area contributed by atoms with Crippen molar-refractivity contribution in [2.75, 3.05) is 44.5 Å². The number of aromatic nitrogens is 4. The maximum absolute atomic E-state index is 12.4. The Morgan fingerprint density at radius 3 is 2.79 bits per heavy atom. The van der Waals surface area contributed by atoms with Crippen LogP contribution >= 0.6 is 0 Å². The largest absolute Gasteiger partial charge is 0.396 e. The normalized spacial score (nSPS) is 22.4. The van der Waals surface area contributed by atoms with E-state index in [1.807, 2.05) is 14.4 Å². The molecule has 0 spiro atoms. The lowest BCUT2D eigenvalue weighted by Gasteiger charge is -2.35. The summed E-state index contributed by atoms with van der Waals surface area (Å²) in [6.45, 7) is 3.84. The summed E-state index contributed by atoms with van der Waals surface area (Å²) in [7, 11) is 0. The van der Waals surface area contributed by atoms with E-state index in [0.29, 0.717) is 50.2 Å². The van der Waals surface area contributed by atoms with Gasteiger partial charge in [0.2, 0.25) is 5.91 Å². The topological polar surface area (TPSA) is 96.6 Å².